The minimum atomic E-state index is -2.85. The number of ether oxygens (including phenoxy) is 3. The number of cyclic esters (lactones) is 2. The van der Waals surface area contributed by atoms with Gasteiger partial charge in [0.2, 0.25) is 31.9 Å². The fraction of sp³-hybridized carbons (Fsp3) is 0.764. The summed E-state index contributed by atoms with van der Waals surface area (Å²) in [5.74, 6) is -5.88. The van der Waals surface area contributed by atoms with Crippen LogP contribution in [0.15, 0.2) is 24.3 Å². The third-order valence-corrected chi connectivity index (χ3v) is 21.4. The van der Waals surface area contributed by atoms with E-state index in [2.05, 4.69) is 57.5 Å². The van der Waals surface area contributed by atoms with Gasteiger partial charge in [-0.15, -0.1) is 0 Å². The highest BCUT2D eigenvalue weighted by molar-refractivity contribution is 6.77. The molecule has 0 saturated carbocycles. The lowest BCUT2D eigenvalue weighted by Gasteiger charge is -2.47. The monoisotopic (exact) mass is 1040 g/mol. The van der Waals surface area contributed by atoms with Gasteiger partial charge in [0.25, 0.3) is 0 Å². The lowest BCUT2D eigenvalue weighted by atomic mass is 9.90. The first-order valence-corrected chi connectivity index (χ1v) is 29.1. The average Bonchev–Trinajstić information content (AvgIpc) is 3.79. The predicted molar refractivity (Wildman–Crippen MR) is 281 cm³/mol. The van der Waals surface area contributed by atoms with Crippen LogP contribution in [-0.4, -0.2) is 132 Å². The van der Waals surface area contributed by atoms with Crippen molar-refractivity contribution in [2.45, 2.75) is 240 Å². The molecule has 0 bridgehead atoms. The Balaban J connectivity index is 1.96. The first kappa shape index (κ1) is 61.0. The van der Waals surface area contributed by atoms with E-state index in [-0.39, 0.29) is 60.8 Å². The molecule has 73 heavy (non-hydrogen) atoms. The van der Waals surface area contributed by atoms with Crippen LogP contribution in [0.2, 0.25) is 16.6 Å². The molecular weight excluding hydrogens is 951 g/mol. The normalized spacial score (nSPS) is 28.3. The van der Waals surface area contributed by atoms with Crippen molar-refractivity contribution in [2.24, 2.45) is 23.7 Å². The van der Waals surface area contributed by atoms with Gasteiger partial charge in [0.05, 0.1) is 24.5 Å². The minimum absolute atomic E-state index is 0.0348. The fourth-order valence-electron chi connectivity index (χ4n) is 11.2. The van der Waals surface area contributed by atoms with Crippen LogP contribution in [0.3, 0.4) is 0 Å². The van der Waals surface area contributed by atoms with Crippen molar-refractivity contribution in [2.75, 3.05) is 6.54 Å². The number of rotatable bonds is 11. The van der Waals surface area contributed by atoms with E-state index in [1.165, 1.54) is 23.6 Å². The molecule has 4 rings (SSSR count). The number of amides is 5. The first-order valence-electron chi connectivity index (χ1n) is 27.0. The summed E-state index contributed by atoms with van der Waals surface area (Å²) in [5.41, 5.74) is 0.840. The largest absolute Gasteiger partial charge is 0.459 e. The summed E-state index contributed by atoms with van der Waals surface area (Å²) in [6, 6.07) is 1.80. The Morgan fingerprint density at radius 2 is 1.42 bits per heavy atom. The Morgan fingerprint density at radius 3 is 1.97 bits per heavy atom. The maximum absolute atomic E-state index is 15.1. The summed E-state index contributed by atoms with van der Waals surface area (Å²) in [7, 11) is -2.85. The van der Waals surface area contributed by atoms with Gasteiger partial charge in [-0.25, -0.2) is 9.59 Å². The number of hydrogen-bond acceptors (Lipinski definition) is 12. The molecule has 412 valence electrons. The van der Waals surface area contributed by atoms with Gasteiger partial charge in [-0.1, -0.05) is 121 Å². The topological polar surface area (TPSA) is 219 Å². The van der Waals surface area contributed by atoms with E-state index in [0.717, 1.165) is 11.1 Å². The molecule has 3 heterocycles. The summed E-state index contributed by atoms with van der Waals surface area (Å²) in [6.45, 7) is 32.2. The van der Waals surface area contributed by atoms with Crippen molar-refractivity contribution in [3.8, 4) is 0 Å². The van der Waals surface area contributed by atoms with Crippen molar-refractivity contribution in [3.63, 3.8) is 0 Å². The second-order valence-electron chi connectivity index (χ2n) is 23.7. The molecule has 18 heteroatoms. The number of nitrogens with one attached hydrogen (secondary N) is 3. The number of fused-ring (bicyclic) bond motifs is 3. The SMILES string of the molecule is CC[C@H](C)[C@H]1NC(=O)[C@@H](NC(=O)OC(C)(C)C)[C@@H](C)OC(=O)[C@@H]2Cc3ccccc3CN2C(=O)[C@@H]2CCCN2C(=O)[C@H](CC(C)C)NC(=O)[C@@H](C)[C@H](O)[C@H](C(C)C)OC(=O)C[C@@H]1O[Si](C(C)C)(C(C)C)C(C)C. The summed E-state index contributed by atoms with van der Waals surface area (Å²) >= 11 is 0. The molecule has 0 radical (unpaired) electrons. The van der Waals surface area contributed by atoms with Crippen molar-refractivity contribution >= 4 is 50.0 Å². The molecule has 2 fully saturated rings. The highest BCUT2D eigenvalue weighted by Crippen LogP contribution is 2.44. The fourth-order valence-corrected chi connectivity index (χ4v) is 16.8. The molecule has 1 aromatic rings. The molecular formula is C55H91N5O12Si. The van der Waals surface area contributed by atoms with Gasteiger partial charge in [0, 0.05) is 19.5 Å². The summed E-state index contributed by atoms with van der Waals surface area (Å²) in [4.78, 5) is 105. The quantitative estimate of drug-likeness (QED) is 0.0972. The average molecular weight is 1040 g/mol. The summed E-state index contributed by atoms with van der Waals surface area (Å²) in [5, 5.41) is 20.7. The van der Waals surface area contributed by atoms with Crippen molar-refractivity contribution in [3.05, 3.63) is 35.4 Å². The van der Waals surface area contributed by atoms with Gasteiger partial charge in [0.15, 0.2) is 0 Å². The third-order valence-electron chi connectivity index (χ3n) is 15.3. The molecule has 0 spiro atoms. The number of carbonyl (C=O) groups excluding carboxylic acids is 7. The number of benzene rings is 1. The third kappa shape index (κ3) is 15.1. The number of aliphatic hydroxyl groups is 1. The summed E-state index contributed by atoms with van der Waals surface area (Å²) in [6.07, 6.45) is -4.67. The van der Waals surface area contributed by atoms with E-state index >= 15 is 9.59 Å². The second-order valence-corrected chi connectivity index (χ2v) is 29.1. The van der Waals surface area contributed by atoms with Crippen LogP contribution in [0.25, 0.3) is 0 Å². The maximum Gasteiger partial charge on any atom is 0.408 e. The number of esters is 2. The van der Waals surface area contributed by atoms with E-state index in [1.807, 2.05) is 52.0 Å². The zero-order chi connectivity index (χ0) is 55.0. The summed E-state index contributed by atoms with van der Waals surface area (Å²) < 4.78 is 25.5. The van der Waals surface area contributed by atoms with E-state index in [0.29, 0.717) is 19.3 Å². The zero-order valence-corrected chi connectivity index (χ0v) is 48.0. The standard InChI is InChI=1S/C55H91N5O12Si/c1-18-35(12)45-43(72-73(32(6)7,33(8)9)34(10)11)28-44(61)70-48(31(4)5)47(62)36(13)49(63)56-40(26-30(2)3)51(65)59-25-21-24-41(59)52(66)60-29-39-23-20-19-22-38(39)27-42(60)53(67)69-37(14)46(50(64)57-45)58-54(68)71-55(15,16)17/h19-20,22-23,30-37,40-43,45-48,62H,18,21,24-29H2,1-17H3,(H,56,63)(H,57,64)(H,58,68)/t35-,36-,37+,40-,41-,42-,43-,45+,46-,47-,48-/m0/s1. The Morgan fingerprint density at radius 1 is 0.822 bits per heavy atom. The molecule has 0 unspecified atom stereocenters. The molecule has 0 aromatic heterocycles. The van der Waals surface area contributed by atoms with E-state index in [4.69, 9.17) is 18.6 Å². The van der Waals surface area contributed by atoms with Gasteiger partial charge in [-0.2, -0.15) is 0 Å². The molecule has 5 amide bonds. The van der Waals surface area contributed by atoms with Crippen LogP contribution in [0.4, 0.5) is 4.79 Å². The van der Waals surface area contributed by atoms with Crippen LogP contribution in [-0.2, 0) is 60.4 Å². The van der Waals surface area contributed by atoms with Gasteiger partial charge < -0.3 is 49.5 Å². The molecule has 2 saturated heterocycles. The zero-order valence-electron chi connectivity index (χ0n) is 47.0. The van der Waals surface area contributed by atoms with E-state index in [1.54, 1.807) is 34.6 Å². The molecule has 4 N–H and O–H groups in total. The van der Waals surface area contributed by atoms with E-state index in [9.17, 15) is 29.1 Å². The molecule has 3 aliphatic rings. The highest BCUT2D eigenvalue weighted by Gasteiger charge is 2.50. The number of alkyl carbamates (subject to hydrolysis) is 1. The van der Waals surface area contributed by atoms with Gasteiger partial charge >= 0.3 is 18.0 Å². The van der Waals surface area contributed by atoms with Crippen LogP contribution < -0.4 is 16.0 Å². The smallest absolute Gasteiger partial charge is 0.408 e. The molecule has 11 atom stereocenters. The van der Waals surface area contributed by atoms with Crippen LogP contribution >= 0.6 is 0 Å². The van der Waals surface area contributed by atoms with Gasteiger partial charge in [-0.3, -0.25) is 24.0 Å². The Hall–Kier alpha value is -4.55. The van der Waals surface area contributed by atoms with Crippen LogP contribution in [0, 0.1) is 23.7 Å². The number of aliphatic hydroxyl groups excluding tert-OH is 1. The first-order chi connectivity index (χ1) is 33.9. The Kier molecular flexibility index (Phi) is 21.6. The van der Waals surface area contributed by atoms with Gasteiger partial charge in [0.1, 0.15) is 48.1 Å². The van der Waals surface area contributed by atoms with Crippen LogP contribution in [0.5, 0.6) is 0 Å². The number of hydrogen-bond donors (Lipinski definition) is 4. The number of carbonyl (C=O) groups is 7. The van der Waals surface area contributed by atoms with Gasteiger partial charge in [-0.05, 0) is 92.5 Å². The Labute approximate surface area is 436 Å². The Bertz CT molecular complexity index is 2070. The minimum Gasteiger partial charge on any atom is -0.459 e. The molecule has 3 aliphatic heterocycles. The van der Waals surface area contributed by atoms with Crippen LogP contribution in [0.1, 0.15) is 161 Å². The second kappa shape index (κ2) is 25.8. The van der Waals surface area contributed by atoms with Crippen molar-refractivity contribution in [1.29, 1.82) is 0 Å². The molecule has 1 aromatic carbocycles. The molecule has 17 nitrogen and oxygen atoms in total. The maximum atomic E-state index is 15.1. The predicted octanol–water partition coefficient (Wildman–Crippen LogP) is 7.35. The molecule has 0 aliphatic carbocycles. The number of nitrogens with zero attached hydrogens (tertiary/aromatic N) is 2. The van der Waals surface area contributed by atoms with E-state index < -0.39 is 122 Å². The lowest BCUT2D eigenvalue weighted by Crippen LogP contribution is -2.62. The van der Waals surface area contributed by atoms with Crippen molar-refractivity contribution in [1.82, 2.24) is 25.8 Å². The lowest BCUT2D eigenvalue weighted by molar-refractivity contribution is -0.166. The highest BCUT2D eigenvalue weighted by atomic mass is 28.4. The van der Waals surface area contributed by atoms with Crippen molar-refractivity contribution < 1.29 is 57.3 Å².